The van der Waals surface area contributed by atoms with E-state index in [0.29, 0.717) is 21.1 Å². The third-order valence-corrected chi connectivity index (χ3v) is 5.19. The molecule has 130 valence electrons. The largest absolute Gasteiger partial charge is 0.444 e. The number of amides is 1. The summed E-state index contributed by atoms with van der Waals surface area (Å²) in [4.78, 5) is 11.8. The summed E-state index contributed by atoms with van der Waals surface area (Å²) in [6.07, 6.45) is 1.98. The Morgan fingerprint density at radius 1 is 1.43 bits per heavy atom. The van der Waals surface area contributed by atoms with Crippen molar-refractivity contribution in [1.29, 1.82) is 0 Å². The molecule has 1 amide bonds. The third-order valence-electron chi connectivity index (χ3n) is 3.67. The SMILES string of the molecule is CC(NC(CNC(=O)OC(C)(C)C)C1CC1)c1cc(Cl)sc1Cl. The van der Waals surface area contributed by atoms with E-state index in [2.05, 4.69) is 17.6 Å². The number of halogens is 2. The molecule has 1 aromatic heterocycles. The molecule has 1 saturated carbocycles. The van der Waals surface area contributed by atoms with Crippen LogP contribution in [0.25, 0.3) is 0 Å². The van der Waals surface area contributed by atoms with E-state index in [1.54, 1.807) is 0 Å². The fourth-order valence-electron chi connectivity index (χ4n) is 2.43. The van der Waals surface area contributed by atoms with Crippen LogP contribution in [0.5, 0.6) is 0 Å². The molecule has 2 unspecified atom stereocenters. The molecule has 1 aliphatic rings. The molecule has 1 aromatic rings. The molecular formula is C16H24Cl2N2O2S. The monoisotopic (exact) mass is 378 g/mol. The van der Waals surface area contributed by atoms with E-state index in [-0.39, 0.29) is 18.2 Å². The number of hydrogen-bond donors (Lipinski definition) is 2. The van der Waals surface area contributed by atoms with Crippen LogP contribution in [0.2, 0.25) is 8.67 Å². The molecule has 0 aliphatic heterocycles. The third kappa shape index (κ3) is 6.14. The highest BCUT2D eigenvalue weighted by Gasteiger charge is 2.33. The average molecular weight is 379 g/mol. The summed E-state index contributed by atoms with van der Waals surface area (Å²) in [6.45, 7) is 8.17. The lowest BCUT2D eigenvalue weighted by Gasteiger charge is -2.25. The van der Waals surface area contributed by atoms with Gasteiger partial charge in [0.05, 0.1) is 8.67 Å². The summed E-state index contributed by atoms with van der Waals surface area (Å²) in [5, 5.41) is 6.42. The van der Waals surface area contributed by atoms with Crippen LogP contribution in [0.15, 0.2) is 6.07 Å². The second-order valence-electron chi connectivity index (χ2n) is 6.99. The molecule has 0 spiro atoms. The highest BCUT2D eigenvalue weighted by atomic mass is 35.5. The zero-order chi connectivity index (χ0) is 17.2. The van der Waals surface area contributed by atoms with E-state index in [9.17, 15) is 4.79 Å². The van der Waals surface area contributed by atoms with Gasteiger partial charge in [0.2, 0.25) is 0 Å². The maximum absolute atomic E-state index is 11.8. The van der Waals surface area contributed by atoms with Crippen LogP contribution in [-0.2, 0) is 4.74 Å². The van der Waals surface area contributed by atoms with Gasteiger partial charge in [-0.2, -0.15) is 0 Å². The second-order valence-corrected chi connectivity index (χ2v) is 9.28. The summed E-state index contributed by atoms with van der Waals surface area (Å²) in [5.41, 5.74) is 0.519. The first-order valence-electron chi connectivity index (χ1n) is 7.83. The van der Waals surface area contributed by atoms with E-state index in [1.807, 2.05) is 26.8 Å². The van der Waals surface area contributed by atoms with Crippen molar-refractivity contribution in [3.05, 3.63) is 20.3 Å². The van der Waals surface area contributed by atoms with Crippen molar-refractivity contribution in [3.8, 4) is 0 Å². The minimum atomic E-state index is -0.485. The lowest BCUT2D eigenvalue weighted by atomic mass is 10.1. The van der Waals surface area contributed by atoms with Crippen molar-refractivity contribution in [3.63, 3.8) is 0 Å². The smallest absolute Gasteiger partial charge is 0.407 e. The molecule has 4 nitrogen and oxygen atoms in total. The fraction of sp³-hybridized carbons (Fsp3) is 0.688. The predicted octanol–water partition coefficient (Wildman–Crippen LogP) is 5.01. The summed E-state index contributed by atoms with van der Waals surface area (Å²) < 4.78 is 6.69. The van der Waals surface area contributed by atoms with Gasteiger partial charge in [-0.15, -0.1) is 11.3 Å². The van der Waals surface area contributed by atoms with E-state index < -0.39 is 5.60 Å². The van der Waals surface area contributed by atoms with Crippen LogP contribution in [0.3, 0.4) is 0 Å². The van der Waals surface area contributed by atoms with Crippen LogP contribution < -0.4 is 10.6 Å². The topological polar surface area (TPSA) is 50.4 Å². The van der Waals surface area contributed by atoms with Gasteiger partial charge in [0, 0.05) is 18.6 Å². The Labute approximate surface area is 151 Å². The van der Waals surface area contributed by atoms with Crippen molar-refractivity contribution in [2.45, 2.75) is 58.2 Å². The number of rotatable bonds is 6. The molecule has 7 heteroatoms. The van der Waals surface area contributed by atoms with Crippen molar-refractivity contribution in [2.24, 2.45) is 5.92 Å². The molecule has 1 aliphatic carbocycles. The maximum Gasteiger partial charge on any atom is 0.407 e. The Morgan fingerprint density at radius 2 is 2.09 bits per heavy atom. The van der Waals surface area contributed by atoms with Crippen LogP contribution >= 0.6 is 34.5 Å². The van der Waals surface area contributed by atoms with Gasteiger partial charge < -0.3 is 15.4 Å². The quantitative estimate of drug-likeness (QED) is 0.731. The number of nitrogens with one attached hydrogen (secondary N) is 2. The van der Waals surface area contributed by atoms with Crippen LogP contribution in [-0.4, -0.2) is 24.3 Å². The minimum Gasteiger partial charge on any atom is -0.444 e. The first-order chi connectivity index (χ1) is 10.7. The van der Waals surface area contributed by atoms with Crippen molar-refractivity contribution in [2.75, 3.05) is 6.54 Å². The first kappa shape index (κ1) is 18.8. The van der Waals surface area contributed by atoms with Gasteiger partial charge in [-0.25, -0.2) is 4.79 Å². The molecule has 2 N–H and O–H groups in total. The number of carbonyl (C=O) groups is 1. The van der Waals surface area contributed by atoms with Gasteiger partial charge in [0.25, 0.3) is 0 Å². The Kier molecular flexibility index (Phi) is 6.22. The molecule has 23 heavy (non-hydrogen) atoms. The number of hydrogen-bond acceptors (Lipinski definition) is 4. The number of carbonyl (C=O) groups excluding carboxylic acids is 1. The Hall–Kier alpha value is -0.490. The van der Waals surface area contributed by atoms with E-state index in [4.69, 9.17) is 27.9 Å². The Morgan fingerprint density at radius 3 is 2.57 bits per heavy atom. The number of thiophene rings is 1. The molecule has 2 atom stereocenters. The molecule has 0 saturated heterocycles. The summed E-state index contributed by atoms with van der Waals surface area (Å²) in [7, 11) is 0. The van der Waals surface area contributed by atoms with Crippen molar-refractivity contribution in [1.82, 2.24) is 10.6 Å². The van der Waals surface area contributed by atoms with Crippen LogP contribution in [0.1, 0.15) is 52.1 Å². The van der Waals surface area contributed by atoms with Gasteiger partial charge in [0.15, 0.2) is 0 Å². The normalized spacial score (nSPS) is 17.7. The van der Waals surface area contributed by atoms with Gasteiger partial charge in [0.1, 0.15) is 5.60 Å². The van der Waals surface area contributed by atoms with E-state index in [0.717, 1.165) is 5.56 Å². The molecule has 2 rings (SSSR count). The van der Waals surface area contributed by atoms with Gasteiger partial charge in [-0.05, 0) is 58.1 Å². The molecular weight excluding hydrogens is 355 g/mol. The summed E-state index contributed by atoms with van der Waals surface area (Å²) in [6, 6.07) is 2.18. The van der Waals surface area contributed by atoms with Crippen molar-refractivity contribution >= 4 is 40.6 Å². The second kappa shape index (κ2) is 7.60. The molecule has 1 heterocycles. The van der Waals surface area contributed by atoms with Gasteiger partial charge in [-0.1, -0.05) is 23.2 Å². The number of ether oxygens (including phenoxy) is 1. The van der Waals surface area contributed by atoms with Gasteiger partial charge in [-0.3, -0.25) is 0 Å². The predicted molar refractivity (Wildman–Crippen MR) is 96.6 cm³/mol. The maximum atomic E-state index is 11.8. The standard InChI is InChI=1S/C16H24Cl2N2O2S/c1-9(11-7-13(17)23-14(11)18)20-12(10-5-6-10)8-19-15(21)22-16(2,3)4/h7,9-10,12,20H,5-6,8H2,1-4H3,(H,19,21). The lowest BCUT2D eigenvalue weighted by molar-refractivity contribution is 0.0520. The minimum absolute atomic E-state index is 0.0808. The van der Waals surface area contributed by atoms with Crippen LogP contribution in [0.4, 0.5) is 4.79 Å². The van der Waals surface area contributed by atoms with Crippen LogP contribution in [0, 0.1) is 5.92 Å². The highest BCUT2D eigenvalue weighted by molar-refractivity contribution is 7.20. The zero-order valence-electron chi connectivity index (χ0n) is 13.9. The van der Waals surface area contributed by atoms with Crippen molar-refractivity contribution < 1.29 is 9.53 Å². The van der Waals surface area contributed by atoms with Gasteiger partial charge >= 0.3 is 6.09 Å². The molecule has 0 bridgehead atoms. The fourth-order valence-corrected chi connectivity index (χ4v) is 4.07. The summed E-state index contributed by atoms with van der Waals surface area (Å²) >= 11 is 13.6. The summed E-state index contributed by atoms with van der Waals surface area (Å²) in [5.74, 6) is 0.584. The highest BCUT2D eigenvalue weighted by Crippen LogP contribution is 2.37. The van der Waals surface area contributed by atoms with E-state index >= 15 is 0 Å². The molecule has 0 aromatic carbocycles. The average Bonchev–Trinajstić information content (AvgIpc) is 3.17. The zero-order valence-corrected chi connectivity index (χ0v) is 16.2. The first-order valence-corrected chi connectivity index (χ1v) is 9.40. The molecule has 0 radical (unpaired) electrons. The number of alkyl carbamates (subject to hydrolysis) is 1. The van der Waals surface area contributed by atoms with E-state index in [1.165, 1.54) is 24.2 Å². The molecule has 1 fully saturated rings. The Bertz CT molecular complexity index is 553. The Balaban J connectivity index is 1.89. The lowest BCUT2D eigenvalue weighted by Crippen LogP contribution is -2.44.